The lowest BCUT2D eigenvalue weighted by molar-refractivity contribution is -0.384. The zero-order valence-corrected chi connectivity index (χ0v) is 10.6. The largest absolute Gasteiger partial charge is 0.384 e. The maximum atomic E-state index is 10.6. The van der Waals surface area contributed by atoms with Crippen molar-refractivity contribution in [1.29, 1.82) is 0 Å². The van der Waals surface area contributed by atoms with E-state index < -0.39 is 4.92 Å². The predicted octanol–water partition coefficient (Wildman–Crippen LogP) is 2.29. The summed E-state index contributed by atoms with van der Waals surface area (Å²) in [5.74, 6) is 0.905. The average molecular weight is 283 g/mol. The van der Waals surface area contributed by atoms with Crippen LogP contribution in [0.25, 0.3) is 23.0 Å². The smallest absolute Gasteiger partial charge is 0.276 e. The summed E-state index contributed by atoms with van der Waals surface area (Å²) in [5, 5.41) is 14.4. The van der Waals surface area contributed by atoms with Crippen molar-refractivity contribution in [1.82, 2.24) is 15.1 Å². The number of nitro benzene ring substituents is 1. The number of nitrogens with two attached hydrogens (primary N) is 1. The maximum Gasteiger partial charge on any atom is 0.276 e. The number of benzene rings is 1. The van der Waals surface area contributed by atoms with Crippen molar-refractivity contribution in [2.75, 3.05) is 5.73 Å². The molecule has 0 atom stereocenters. The van der Waals surface area contributed by atoms with Crippen LogP contribution in [0, 0.1) is 10.1 Å². The molecule has 3 rings (SSSR count). The van der Waals surface area contributed by atoms with Crippen LogP contribution in [0.5, 0.6) is 0 Å². The van der Waals surface area contributed by atoms with Crippen LogP contribution in [-0.2, 0) is 0 Å². The van der Waals surface area contributed by atoms with Gasteiger partial charge in [0, 0.05) is 17.7 Å². The van der Waals surface area contributed by atoms with Crippen molar-refractivity contribution in [2.45, 2.75) is 0 Å². The van der Waals surface area contributed by atoms with E-state index in [9.17, 15) is 10.1 Å². The maximum absolute atomic E-state index is 10.6. The third-order valence-electron chi connectivity index (χ3n) is 2.75. The molecule has 2 aromatic heterocycles. The lowest BCUT2D eigenvalue weighted by Gasteiger charge is -1.95. The molecular formula is C13H9N5O3. The van der Waals surface area contributed by atoms with Gasteiger partial charge in [0.15, 0.2) is 0 Å². The number of nitrogen functional groups attached to an aromatic ring is 1. The highest BCUT2D eigenvalue weighted by Gasteiger charge is 2.13. The fourth-order valence-electron chi connectivity index (χ4n) is 1.75. The van der Waals surface area contributed by atoms with E-state index >= 15 is 0 Å². The summed E-state index contributed by atoms with van der Waals surface area (Å²) in [6.45, 7) is 0. The Hall–Kier alpha value is -3.29. The molecule has 2 heterocycles. The quantitative estimate of drug-likeness (QED) is 0.578. The van der Waals surface area contributed by atoms with Crippen LogP contribution in [0.1, 0.15) is 0 Å². The molecule has 0 spiro atoms. The second kappa shape index (κ2) is 5.00. The second-order valence-corrected chi connectivity index (χ2v) is 4.17. The minimum absolute atomic E-state index is 0.0000297. The van der Waals surface area contributed by atoms with E-state index in [0.717, 1.165) is 0 Å². The highest BCUT2D eigenvalue weighted by atomic mass is 16.6. The number of hydrogen-bond donors (Lipinski definition) is 1. The highest BCUT2D eigenvalue weighted by molar-refractivity contribution is 5.60. The number of nitro groups is 1. The van der Waals surface area contributed by atoms with Gasteiger partial charge in [-0.25, -0.2) is 4.98 Å². The number of rotatable bonds is 3. The Kier molecular flexibility index (Phi) is 3.03. The summed E-state index contributed by atoms with van der Waals surface area (Å²) >= 11 is 0. The minimum Gasteiger partial charge on any atom is -0.384 e. The zero-order valence-electron chi connectivity index (χ0n) is 10.6. The van der Waals surface area contributed by atoms with Crippen LogP contribution in [-0.4, -0.2) is 20.0 Å². The van der Waals surface area contributed by atoms with Gasteiger partial charge in [-0.2, -0.15) is 4.98 Å². The second-order valence-electron chi connectivity index (χ2n) is 4.17. The van der Waals surface area contributed by atoms with Crippen molar-refractivity contribution in [3.8, 4) is 23.0 Å². The van der Waals surface area contributed by atoms with Gasteiger partial charge < -0.3 is 10.3 Å². The summed E-state index contributed by atoms with van der Waals surface area (Å²) in [5.41, 5.74) is 6.67. The molecular weight excluding hydrogens is 274 g/mol. The summed E-state index contributed by atoms with van der Waals surface area (Å²) in [7, 11) is 0. The molecule has 0 amide bonds. The van der Waals surface area contributed by atoms with E-state index in [1.54, 1.807) is 30.3 Å². The summed E-state index contributed by atoms with van der Waals surface area (Å²) in [6, 6.07) is 10.9. The number of pyridine rings is 1. The van der Waals surface area contributed by atoms with Crippen molar-refractivity contribution in [2.24, 2.45) is 0 Å². The van der Waals surface area contributed by atoms with Crippen molar-refractivity contribution in [3.63, 3.8) is 0 Å². The Morgan fingerprint density at radius 3 is 2.52 bits per heavy atom. The van der Waals surface area contributed by atoms with Crippen molar-refractivity contribution in [3.05, 3.63) is 52.6 Å². The van der Waals surface area contributed by atoms with Gasteiger partial charge >= 0.3 is 0 Å². The molecule has 104 valence electrons. The number of aromatic nitrogens is 3. The first kappa shape index (κ1) is 12.7. The van der Waals surface area contributed by atoms with Crippen LogP contribution in [0.2, 0.25) is 0 Å². The lowest BCUT2D eigenvalue weighted by atomic mass is 10.2. The van der Waals surface area contributed by atoms with Crippen LogP contribution in [0.15, 0.2) is 47.0 Å². The van der Waals surface area contributed by atoms with Crippen molar-refractivity contribution < 1.29 is 9.45 Å². The highest BCUT2D eigenvalue weighted by Crippen LogP contribution is 2.23. The van der Waals surface area contributed by atoms with Gasteiger partial charge in [-0.3, -0.25) is 10.1 Å². The fraction of sp³-hybridized carbons (Fsp3) is 0. The molecule has 0 aliphatic rings. The molecule has 0 unspecified atom stereocenters. The van der Waals surface area contributed by atoms with E-state index in [2.05, 4.69) is 15.1 Å². The Bertz CT molecular complexity index is 798. The predicted molar refractivity (Wildman–Crippen MR) is 74.0 cm³/mol. The molecule has 2 N–H and O–H groups in total. The SMILES string of the molecule is Nc1cccc(-c2nc(-c3ccc([N+](=O)[O-])cc3)no2)n1. The molecule has 8 nitrogen and oxygen atoms in total. The lowest BCUT2D eigenvalue weighted by Crippen LogP contribution is -1.91. The molecule has 8 heteroatoms. The molecule has 0 bridgehead atoms. The molecule has 0 saturated carbocycles. The Morgan fingerprint density at radius 2 is 1.86 bits per heavy atom. The van der Waals surface area contributed by atoms with E-state index in [0.29, 0.717) is 22.9 Å². The number of anilines is 1. The Balaban J connectivity index is 1.93. The van der Waals surface area contributed by atoms with Crippen LogP contribution in [0.3, 0.4) is 0 Å². The molecule has 0 radical (unpaired) electrons. The third kappa shape index (κ3) is 2.54. The van der Waals surface area contributed by atoms with Crippen LogP contribution < -0.4 is 5.73 Å². The molecule has 0 fully saturated rings. The van der Waals surface area contributed by atoms with E-state index in [1.807, 2.05) is 0 Å². The third-order valence-corrected chi connectivity index (χ3v) is 2.75. The summed E-state index contributed by atoms with van der Waals surface area (Å²) in [4.78, 5) is 18.4. The topological polar surface area (TPSA) is 121 Å². The minimum atomic E-state index is -0.470. The molecule has 0 aliphatic heterocycles. The number of hydrogen-bond acceptors (Lipinski definition) is 7. The van der Waals surface area contributed by atoms with Gasteiger partial charge in [-0.05, 0) is 24.3 Å². The normalized spacial score (nSPS) is 10.5. The molecule has 21 heavy (non-hydrogen) atoms. The van der Waals surface area contributed by atoms with E-state index in [1.165, 1.54) is 12.1 Å². The van der Waals surface area contributed by atoms with Gasteiger partial charge in [-0.1, -0.05) is 11.2 Å². The van der Waals surface area contributed by atoms with Gasteiger partial charge in [0.25, 0.3) is 11.6 Å². The fourth-order valence-corrected chi connectivity index (χ4v) is 1.75. The molecule has 1 aromatic carbocycles. The van der Waals surface area contributed by atoms with Gasteiger partial charge in [-0.15, -0.1) is 0 Å². The summed E-state index contributed by atoms with van der Waals surface area (Å²) in [6.07, 6.45) is 0. The average Bonchev–Trinajstić information content (AvgIpc) is 2.97. The monoisotopic (exact) mass is 283 g/mol. The molecule has 3 aromatic rings. The summed E-state index contributed by atoms with van der Waals surface area (Å²) < 4.78 is 5.12. The Labute approximate surface area is 118 Å². The van der Waals surface area contributed by atoms with Gasteiger partial charge in [0.1, 0.15) is 11.5 Å². The van der Waals surface area contributed by atoms with Gasteiger partial charge in [0.2, 0.25) is 5.82 Å². The first-order valence-electron chi connectivity index (χ1n) is 5.95. The Morgan fingerprint density at radius 1 is 1.10 bits per heavy atom. The van der Waals surface area contributed by atoms with E-state index in [-0.39, 0.29) is 11.6 Å². The standard InChI is InChI=1S/C13H9N5O3/c14-11-3-1-2-10(15-11)13-16-12(17-21-13)8-4-6-9(7-5-8)18(19)20/h1-7H,(H2,14,15). The van der Waals surface area contributed by atoms with Crippen molar-refractivity contribution >= 4 is 11.5 Å². The first-order valence-corrected chi connectivity index (χ1v) is 5.95. The van der Waals surface area contributed by atoms with Crippen LogP contribution >= 0.6 is 0 Å². The number of non-ortho nitro benzene ring substituents is 1. The number of nitrogens with zero attached hydrogens (tertiary/aromatic N) is 4. The molecule has 0 aliphatic carbocycles. The first-order chi connectivity index (χ1) is 10.1. The van der Waals surface area contributed by atoms with Gasteiger partial charge in [0.05, 0.1) is 4.92 Å². The molecule has 0 saturated heterocycles. The van der Waals surface area contributed by atoms with E-state index in [4.69, 9.17) is 10.3 Å². The van der Waals surface area contributed by atoms with Crippen LogP contribution in [0.4, 0.5) is 11.5 Å². The zero-order chi connectivity index (χ0) is 14.8.